The molecule has 1 unspecified atom stereocenters. The highest BCUT2D eigenvalue weighted by atomic mass is 16.5. The summed E-state index contributed by atoms with van der Waals surface area (Å²) < 4.78 is 16.0. The lowest BCUT2D eigenvalue weighted by molar-refractivity contribution is -0.136. The van der Waals surface area contributed by atoms with E-state index in [1.54, 1.807) is 12.1 Å². The first kappa shape index (κ1) is 25.3. The number of amides is 5. The molecule has 0 aromatic heterocycles. The Labute approximate surface area is 196 Å². The van der Waals surface area contributed by atoms with Crippen LogP contribution in [0.2, 0.25) is 0 Å². The molecule has 0 radical (unpaired) electrons. The van der Waals surface area contributed by atoms with Crippen LogP contribution in [0.3, 0.4) is 0 Å². The number of benzene rings is 1. The predicted molar refractivity (Wildman–Crippen MR) is 118 cm³/mol. The SMILES string of the molecule is NC(=O)CCOCCOCCOCCNc1cccc2c1C(=O)N(C1CCC(=O)NC1=O)C2=O. The Morgan fingerprint density at radius 1 is 1.00 bits per heavy atom. The van der Waals surface area contributed by atoms with Crippen molar-refractivity contribution in [3.05, 3.63) is 29.3 Å². The fourth-order valence-corrected chi connectivity index (χ4v) is 3.63. The van der Waals surface area contributed by atoms with Crippen LogP contribution in [0.4, 0.5) is 5.69 Å². The van der Waals surface area contributed by atoms with Gasteiger partial charge in [-0.15, -0.1) is 0 Å². The van der Waals surface area contributed by atoms with Crippen molar-refractivity contribution in [1.82, 2.24) is 10.2 Å². The van der Waals surface area contributed by atoms with Crippen molar-refractivity contribution in [3.8, 4) is 0 Å². The van der Waals surface area contributed by atoms with E-state index in [-0.39, 0.29) is 37.0 Å². The van der Waals surface area contributed by atoms with Crippen molar-refractivity contribution in [3.63, 3.8) is 0 Å². The molecular formula is C22H28N4O8. The maximum Gasteiger partial charge on any atom is 0.264 e. The van der Waals surface area contributed by atoms with E-state index >= 15 is 0 Å². The lowest BCUT2D eigenvalue weighted by atomic mass is 10.0. The molecule has 2 aliphatic heterocycles. The minimum absolute atomic E-state index is 0.0677. The molecule has 4 N–H and O–H groups in total. The van der Waals surface area contributed by atoms with E-state index in [1.165, 1.54) is 6.07 Å². The summed E-state index contributed by atoms with van der Waals surface area (Å²) in [5.74, 6) is -2.59. The van der Waals surface area contributed by atoms with Crippen LogP contribution in [0.25, 0.3) is 0 Å². The number of hydrogen-bond acceptors (Lipinski definition) is 9. The lowest BCUT2D eigenvalue weighted by Crippen LogP contribution is -2.54. The summed E-state index contributed by atoms with van der Waals surface area (Å²) in [7, 11) is 0. The molecule has 0 saturated carbocycles. The van der Waals surface area contributed by atoms with Gasteiger partial charge in [0.05, 0.1) is 50.8 Å². The number of piperidine rings is 1. The summed E-state index contributed by atoms with van der Waals surface area (Å²) >= 11 is 0. The topological polar surface area (TPSA) is 166 Å². The number of nitrogens with one attached hydrogen (secondary N) is 2. The second-order valence-electron chi connectivity index (χ2n) is 7.66. The molecule has 2 aliphatic rings. The molecule has 0 spiro atoms. The maximum absolute atomic E-state index is 13.0. The zero-order valence-corrected chi connectivity index (χ0v) is 18.7. The van der Waals surface area contributed by atoms with Crippen molar-refractivity contribution in [2.24, 2.45) is 5.73 Å². The van der Waals surface area contributed by atoms with Crippen LogP contribution in [-0.2, 0) is 28.6 Å². The molecule has 1 fully saturated rings. The Morgan fingerprint density at radius 3 is 2.35 bits per heavy atom. The fourth-order valence-electron chi connectivity index (χ4n) is 3.63. The Morgan fingerprint density at radius 2 is 1.68 bits per heavy atom. The monoisotopic (exact) mass is 476 g/mol. The molecular weight excluding hydrogens is 448 g/mol. The summed E-state index contributed by atoms with van der Waals surface area (Å²) in [5, 5.41) is 5.27. The minimum atomic E-state index is -1.00. The van der Waals surface area contributed by atoms with E-state index in [9.17, 15) is 24.0 Å². The summed E-state index contributed by atoms with van der Waals surface area (Å²) in [6, 6.07) is 3.87. The number of anilines is 1. The number of primary amides is 1. The Bertz CT molecular complexity index is 951. The van der Waals surface area contributed by atoms with Crippen LogP contribution >= 0.6 is 0 Å². The number of rotatable bonds is 14. The van der Waals surface area contributed by atoms with Crippen molar-refractivity contribution in [2.75, 3.05) is 51.5 Å². The highest BCUT2D eigenvalue weighted by molar-refractivity contribution is 6.25. The molecule has 3 rings (SSSR count). The Balaban J connectivity index is 1.40. The molecule has 0 bridgehead atoms. The molecule has 1 saturated heterocycles. The van der Waals surface area contributed by atoms with Gasteiger partial charge in [0.25, 0.3) is 11.8 Å². The van der Waals surface area contributed by atoms with E-state index < -0.39 is 35.6 Å². The van der Waals surface area contributed by atoms with Gasteiger partial charge in [0.1, 0.15) is 6.04 Å². The third kappa shape index (κ3) is 6.37. The van der Waals surface area contributed by atoms with Crippen LogP contribution in [0.1, 0.15) is 40.0 Å². The van der Waals surface area contributed by atoms with Gasteiger partial charge in [0.2, 0.25) is 17.7 Å². The average Bonchev–Trinajstić information content (AvgIpc) is 3.05. The normalized spacial score (nSPS) is 17.6. The first-order valence-electron chi connectivity index (χ1n) is 11.0. The van der Waals surface area contributed by atoms with Crippen LogP contribution < -0.4 is 16.4 Å². The Hall–Kier alpha value is -3.35. The highest BCUT2D eigenvalue weighted by Crippen LogP contribution is 2.32. The second-order valence-corrected chi connectivity index (χ2v) is 7.66. The summed E-state index contributed by atoms with van der Waals surface area (Å²) in [6.07, 6.45) is 0.349. The number of nitrogens with zero attached hydrogens (tertiary/aromatic N) is 1. The molecule has 1 aromatic carbocycles. The van der Waals surface area contributed by atoms with Crippen LogP contribution in [-0.4, -0.2) is 86.7 Å². The number of hydrogen-bond donors (Lipinski definition) is 3. The largest absolute Gasteiger partial charge is 0.382 e. The number of carbonyl (C=O) groups excluding carboxylic acids is 5. The van der Waals surface area contributed by atoms with Gasteiger partial charge in [-0.1, -0.05) is 6.07 Å². The van der Waals surface area contributed by atoms with Gasteiger partial charge in [0.15, 0.2) is 0 Å². The van der Waals surface area contributed by atoms with Gasteiger partial charge in [0, 0.05) is 25.1 Å². The molecule has 12 nitrogen and oxygen atoms in total. The summed E-state index contributed by atoms with van der Waals surface area (Å²) in [5.41, 5.74) is 5.90. The van der Waals surface area contributed by atoms with Crippen molar-refractivity contribution in [2.45, 2.75) is 25.3 Å². The molecule has 5 amide bonds. The van der Waals surface area contributed by atoms with E-state index in [0.29, 0.717) is 45.3 Å². The van der Waals surface area contributed by atoms with Gasteiger partial charge in [-0.25, -0.2) is 0 Å². The molecule has 184 valence electrons. The second kappa shape index (κ2) is 12.2. The van der Waals surface area contributed by atoms with E-state index in [0.717, 1.165) is 4.90 Å². The van der Waals surface area contributed by atoms with Gasteiger partial charge in [-0.05, 0) is 18.6 Å². The number of ether oxygens (including phenoxy) is 3. The molecule has 1 aromatic rings. The fraction of sp³-hybridized carbons (Fsp3) is 0.500. The molecule has 2 heterocycles. The molecule has 34 heavy (non-hydrogen) atoms. The standard InChI is InChI=1S/C22H28N4O8/c23-17(27)6-8-32-10-12-34-13-11-33-9-7-24-15-3-1-2-14-19(15)22(31)26(21(14)30)16-4-5-18(28)25-20(16)29/h1-3,16,24H,4-13H2,(H2,23,27)(H,25,28,29). The average molecular weight is 476 g/mol. The van der Waals surface area contributed by atoms with Gasteiger partial charge in [-0.2, -0.15) is 0 Å². The Kier molecular flexibility index (Phi) is 9.08. The molecule has 12 heteroatoms. The zero-order valence-electron chi connectivity index (χ0n) is 18.7. The van der Waals surface area contributed by atoms with Crippen molar-refractivity contribution in [1.29, 1.82) is 0 Å². The first-order chi connectivity index (χ1) is 16.4. The van der Waals surface area contributed by atoms with Gasteiger partial charge in [-0.3, -0.25) is 34.2 Å². The van der Waals surface area contributed by atoms with Gasteiger partial charge < -0.3 is 25.3 Å². The maximum atomic E-state index is 13.0. The number of imide groups is 2. The van der Waals surface area contributed by atoms with E-state index in [2.05, 4.69) is 10.6 Å². The number of carbonyl (C=O) groups is 5. The highest BCUT2D eigenvalue weighted by Gasteiger charge is 2.45. The smallest absolute Gasteiger partial charge is 0.264 e. The van der Waals surface area contributed by atoms with E-state index in [4.69, 9.17) is 19.9 Å². The minimum Gasteiger partial charge on any atom is -0.382 e. The van der Waals surface area contributed by atoms with Crippen LogP contribution in [0.15, 0.2) is 18.2 Å². The summed E-state index contributed by atoms with van der Waals surface area (Å²) in [4.78, 5) is 60.9. The predicted octanol–water partition coefficient (Wildman–Crippen LogP) is -0.575. The van der Waals surface area contributed by atoms with Crippen molar-refractivity contribution >= 4 is 35.2 Å². The zero-order chi connectivity index (χ0) is 24.5. The number of fused-ring (bicyclic) bond motifs is 1. The summed E-state index contributed by atoms with van der Waals surface area (Å²) in [6.45, 7) is 2.44. The van der Waals surface area contributed by atoms with Crippen LogP contribution in [0.5, 0.6) is 0 Å². The molecule has 0 aliphatic carbocycles. The quantitative estimate of drug-likeness (QED) is 0.235. The number of nitrogens with two attached hydrogens (primary N) is 1. The lowest BCUT2D eigenvalue weighted by Gasteiger charge is -2.27. The first-order valence-corrected chi connectivity index (χ1v) is 11.0. The third-order valence-electron chi connectivity index (χ3n) is 5.27. The van der Waals surface area contributed by atoms with Gasteiger partial charge >= 0.3 is 0 Å². The molecule has 1 atom stereocenters. The van der Waals surface area contributed by atoms with Crippen LogP contribution in [0, 0.1) is 0 Å². The third-order valence-corrected chi connectivity index (χ3v) is 5.27. The van der Waals surface area contributed by atoms with Crippen molar-refractivity contribution < 1.29 is 38.2 Å². The van der Waals surface area contributed by atoms with E-state index in [1.807, 2.05) is 0 Å².